The number of nitrogens with zero attached hydrogens (tertiary/aromatic N) is 2. The second kappa shape index (κ2) is 9.77. The Kier molecular flexibility index (Phi) is 7.02. The fraction of sp³-hybridized carbons (Fsp3) is 0.542. The van der Waals surface area contributed by atoms with Gasteiger partial charge in [-0.05, 0) is 74.8 Å². The van der Waals surface area contributed by atoms with Crippen molar-refractivity contribution in [3.05, 3.63) is 47.3 Å². The molecule has 0 aliphatic carbocycles. The van der Waals surface area contributed by atoms with Gasteiger partial charge in [0.15, 0.2) is 0 Å². The minimum absolute atomic E-state index is 0.152. The van der Waals surface area contributed by atoms with Gasteiger partial charge in [-0.1, -0.05) is 6.92 Å². The lowest BCUT2D eigenvalue weighted by atomic mass is 9.99. The second-order valence-electron chi connectivity index (χ2n) is 8.64. The molecule has 2 aromatic rings. The monoisotopic (exact) mass is 460 g/mol. The molecule has 2 aliphatic rings. The van der Waals surface area contributed by atoms with E-state index in [0.29, 0.717) is 29.5 Å². The standard InChI is InChI=1S/C24H32N2O5S/c1-3-21-12-19-5-4-17(2)26(23(19)14-25-21)32(28,29)22-6-7-24(20(13-22)15-27)31-16-18-8-10-30-11-9-18/h6-7,12-14,17-18,27H,3-5,8-11,15-16H2,1-2H3/t17-/m0/s1. The van der Waals surface area contributed by atoms with Crippen molar-refractivity contribution in [2.75, 3.05) is 24.1 Å². The highest BCUT2D eigenvalue weighted by molar-refractivity contribution is 7.92. The number of hydrogen-bond donors (Lipinski definition) is 1. The van der Waals surface area contributed by atoms with Gasteiger partial charge in [-0.2, -0.15) is 0 Å². The third kappa shape index (κ3) is 4.63. The van der Waals surface area contributed by atoms with Gasteiger partial charge in [-0.15, -0.1) is 0 Å². The Morgan fingerprint density at radius 1 is 1.22 bits per heavy atom. The van der Waals surface area contributed by atoms with Crippen molar-refractivity contribution in [3.8, 4) is 5.75 Å². The van der Waals surface area contributed by atoms with Gasteiger partial charge >= 0.3 is 0 Å². The molecule has 0 spiro atoms. The van der Waals surface area contributed by atoms with Crippen LogP contribution in [0.3, 0.4) is 0 Å². The highest BCUT2D eigenvalue weighted by Crippen LogP contribution is 2.36. The topological polar surface area (TPSA) is 89.0 Å². The van der Waals surface area contributed by atoms with Crippen LogP contribution in [-0.4, -0.2) is 44.4 Å². The van der Waals surface area contributed by atoms with E-state index in [-0.39, 0.29) is 17.5 Å². The van der Waals surface area contributed by atoms with Gasteiger partial charge in [0.25, 0.3) is 10.0 Å². The lowest BCUT2D eigenvalue weighted by Gasteiger charge is -2.36. The summed E-state index contributed by atoms with van der Waals surface area (Å²) < 4.78 is 40.1. The summed E-state index contributed by atoms with van der Waals surface area (Å²) in [6, 6.07) is 6.59. The first kappa shape index (κ1) is 23.0. The zero-order valence-electron chi connectivity index (χ0n) is 18.8. The van der Waals surface area contributed by atoms with Crippen LogP contribution in [0.1, 0.15) is 49.9 Å². The first-order chi connectivity index (χ1) is 15.4. The molecule has 2 aliphatic heterocycles. The average molecular weight is 461 g/mol. The Labute approximate surface area is 190 Å². The van der Waals surface area contributed by atoms with Gasteiger partial charge in [0.1, 0.15) is 5.75 Å². The zero-order chi connectivity index (χ0) is 22.7. The Hall–Kier alpha value is -2.16. The van der Waals surface area contributed by atoms with E-state index in [1.807, 2.05) is 19.9 Å². The van der Waals surface area contributed by atoms with Crippen molar-refractivity contribution in [2.24, 2.45) is 5.92 Å². The molecule has 174 valence electrons. The van der Waals surface area contributed by atoms with Crippen molar-refractivity contribution in [1.29, 1.82) is 0 Å². The van der Waals surface area contributed by atoms with E-state index >= 15 is 0 Å². The Balaban J connectivity index is 1.61. The van der Waals surface area contributed by atoms with Crippen molar-refractivity contribution in [2.45, 2.75) is 63.5 Å². The predicted octanol–water partition coefficient (Wildman–Crippen LogP) is 3.47. The normalized spacial score (nSPS) is 19.6. The van der Waals surface area contributed by atoms with E-state index in [9.17, 15) is 13.5 Å². The number of pyridine rings is 1. The molecule has 1 N–H and O–H groups in total. The maximum absolute atomic E-state index is 13.7. The molecule has 7 nitrogen and oxygen atoms in total. The van der Waals surface area contributed by atoms with Crippen molar-refractivity contribution < 1.29 is 23.0 Å². The summed E-state index contributed by atoms with van der Waals surface area (Å²) >= 11 is 0. The number of aryl methyl sites for hydroxylation is 2. The molecule has 1 aromatic heterocycles. The Morgan fingerprint density at radius 2 is 2.00 bits per heavy atom. The molecule has 1 saturated heterocycles. The highest BCUT2D eigenvalue weighted by atomic mass is 32.2. The van der Waals surface area contributed by atoms with Gasteiger partial charge in [0, 0.05) is 30.5 Å². The van der Waals surface area contributed by atoms with Gasteiger partial charge in [-0.3, -0.25) is 9.29 Å². The highest BCUT2D eigenvalue weighted by Gasteiger charge is 2.34. The van der Waals surface area contributed by atoms with Crippen LogP contribution in [0.2, 0.25) is 0 Å². The van der Waals surface area contributed by atoms with Crippen LogP contribution in [0.15, 0.2) is 35.4 Å². The van der Waals surface area contributed by atoms with E-state index < -0.39 is 10.0 Å². The third-order valence-electron chi connectivity index (χ3n) is 6.43. The predicted molar refractivity (Wildman–Crippen MR) is 122 cm³/mol. The number of ether oxygens (including phenoxy) is 2. The fourth-order valence-electron chi connectivity index (χ4n) is 4.43. The molecule has 3 heterocycles. The summed E-state index contributed by atoms with van der Waals surface area (Å²) in [5.41, 5.74) is 3.09. The molecule has 0 amide bonds. The van der Waals surface area contributed by atoms with E-state index in [0.717, 1.165) is 56.6 Å². The summed E-state index contributed by atoms with van der Waals surface area (Å²) in [4.78, 5) is 4.60. The van der Waals surface area contributed by atoms with Gasteiger partial charge in [0.2, 0.25) is 0 Å². The maximum Gasteiger partial charge on any atom is 0.264 e. The molecule has 32 heavy (non-hydrogen) atoms. The number of hydrogen-bond acceptors (Lipinski definition) is 6. The van der Waals surface area contributed by atoms with Crippen molar-refractivity contribution in [1.82, 2.24) is 4.98 Å². The minimum atomic E-state index is -3.82. The van der Waals surface area contributed by atoms with Gasteiger partial charge in [0.05, 0.1) is 30.0 Å². The first-order valence-corrected chi connectivity index (χ1v) is 12.8. The largest absolute Gasteiger partial charge is 0.493 e. The molecule has 1 fully saturated rings. The summed E-state index contributed by atoms with van der Waals surface area (Å²) in [5, 5.41) is 9.90. The number of aliphatic hydroxyl groups excluding tert-OH is 1. The maximum atomic E-state index is 13.7. The van der Waals surface area contributed by atoms with Crippen LogP contribution < -0.4 is 9.04 Å². The smallest absolute Gasteiger partial charge is 0.264 e. The van der Waals surface area contributed by atoms with E-state index in [1.54, 1.807) is 18.3 Å². The molecule has 4 rings (SSSR count). The van der Waals surface area contributed by atoms with Crippen LogP contribution in [0.5, 0.6) is 5.75 Å². The fourth-order valence-corrected chi connectivity index (χ4v) is 6.19. The number of benzene rings is 1. The number of rotatable bonds is 7. The Bertz CT molecular complexity index is 1050. The minimum Gasteiger partial charge on any atom is -0.493 e. The van der Waals surface area contributed by atoms with Gasteiger partial charge in [-0.25, -0.2) is 8.42 Å². The second-order valence-corrected chi connectivity index (χ2v) is 10.5. The van der Waals surface area contributed by atoms with E-state index in [4.69, 9.17) is 9.47 Å². The van der Waals surface area contributed by atoms with Crippen molar-refractivity contribution >= 4 is 15.7 Å². The van der Waals surface area contributed by atoms with Crippen LogP contribution in [-0.2, 0) is 34.2 Å². The zero-order valence-corrected chi connectivity index (χ0v) is 19.6. The SMILES string of the molecule is CCc1cc2c(cn1)N(S(=O)(=O)c1ccc(OCC3CCOCC3)c(CO)c1)[C@@H](C)CC2. The lowest BCUT2D eigenvalue weighted by Crippen LogP contribution is -2.42. The summed E-state index contributed by atoms with van der Waals surface area (Å²) in [5.74, 6) is 0.934. The molecule has 1 atom stereocenters. The number of aromatic nitrogens is 1. The molecular weight excluding hydrogens is 428 g/mol. The number of aliphatic hydroxyl groups is 1. The lowest BCUT2D eigenvalue weighted by molar-refractivity contribution is 0.0494. The molecule has 0 bridgehead atoms. The summed E-state index contributed by atoms with van der Waals surface area (Å²) in [6.07, 6.45) is 5.96. The first-order valence-electron chi connectivity index (χ1n) is 11.4. The number of anilines is 1. The molecule has 0 radical (unpaired) electrons. The van der Waals surface area contributed by atoms with E-state index in [2.05, 4.69) is 4.98 Å². The quantitative estimate of drug-likeness (QED) is 0.681. The van der Waals surface area contributed by atoms with Crippen LogP contribution in [0.25, 0.3) is 0 Å². The number of sulfonamides is 1. The average Bonchev–Trinajstić information content (AvgIpc) is 2.82. The Morgan fingerprint density at radius 3 is 2.72 bits per heavy atom. The third-order valence-corrected chi connectivity index (χ3v) is 8.35. The van der Waals surface area contributed by atoms with Crippen LogP contribution in [0.4, 0.5) is 5.69 Å². The van der Waals surface area contributed by atoms with Gasteiger partial charge < -0.3 is 14.6 Å². The molecule has 0 saturated carbocycles. The number of fused-ring (bicyclic) bond motifs is 1. The van der Waals surface area contributed by atoms with Crippen molar-refractivity contribution in [3.63, 3.8) is 0 Å². The summed E-state index contributed by atoms with van der Waals surface area (Å²) in [7, 11) is -3.82. The van der Waals surface area contributed by atoms with Crippen LogP contribution in [0, 0.1) is 5.92 Å². The molecular formula is C24H32N2O5S. The molecule has 1 aromatic carbocycles. The molecule has 8 heteroatoms. The summed E-state index contributed by atoms with van der Waals surface area (Å²) in [6.45, 7) is 5.68. The van der Waals surface area contributed by atoms with Crippen LogP contribution >= 0.6 is 0 Å². The van der Waals surface area contributed by atoms with E-state index in [1.165, 1.54) is 10.4 Å². The molecule has 0 unspecified atom stereocenters.